The van der Waals surface area contributed by atoms with Crippen LogP contribution in [0.25, 0.3) is 93.9 Å². The number of hydrogen-bond acceptors (Lipinski definition) is 1. The number of benzene rings is 13. The zero-order chi connectivity index (χ0) is 52.5. The number of hydrogen-bond donors (Lipinski definition) is 0. The summed E-state index contributed by atoms with van der Waals surface area (Å²) in [7, 11) is -3.09. The average Bonchev–Trinajstić information content (AvgIpc) is 3.02. The third-order valence-corrected chi connectivity index (χ3v) is 22.8. The van der Waals surface area contributed by atoms with Gasteiger partial charge in [0.1, 0.15) is 11.5 Å². The van der Waals surface area contributed by atoms with E-state index in [0.29, 0.717) is 0 Å². The van der Waals surface area contributed by atoms with Gasteiger partial charge in [-0.05, 0) is 152 Å². The minimum absolute atomic E-state index is 0.483. The van der Waals surface area contributed by atoms with E-state index in [4.69, 9.17) is 4.74 Å². The number of aromatic nitrogens is 1. The molecule has 0 fully saturated rings. The van der Waals surface area contributed by atoms with E-state index in [1.165, 1.54) is 126 Å². The molecule has 1 aliphatic heterocycles. The van der Waals surface area contributed by atoms with Crippen molar-refractivity contribution in [3.05, 3.63) is 320 Å². The molecule has 1 aromatic heterocycles. The second kappa shape index (κ2) is 17.2. The van der Waals surface area contributed by atoms with Gasteiger partial charge >= 0.3 is 0 Å². The van der Waals surface area contributed by atoms with Gasteiger partial charge in [0.05, 0.1) is 16.4 Å². The van der Waals surface area contributed by atoms with Crippen LogP contribution >= 0.6 is 0 Å². The summed E-state index contributed by atoms with van der Waals surface area (Å²) in [4.78, 5) is 0. The average molecular weight is 1030 g/mol. The first-order valence-electron chi connectivity index (χ1n) is 27.8. The van der Waals surface area contributed by atoms with Gasteiger partial charge in [-0.2, -0.15) is 0 Å². The predicted octanol–water partition coefficient (Wildman–Crippen LogP) is 16.8. The van der Waals surface area contributed by atoms with Gasteiger partial charge in [-0.3, -0.25) is 0 Å². The number of ether oxygens (including phenoxy) is 1. The fourth-order valence-electron chi connectivity index (χ4n) is 14.6. The van der Waals surface area contributed by atoms with Crippen LogP contribution in [0.4, 0.5) is 0 Å². The van der Waals surface area contributed by atoms with Crippen molar-refractivity contribution in [3.63, 3.8) is 0 Å². The van der Waals surface area contributed by atoms with E-state index in [1.54, 1.807) is 0 Å². The maximum atomic E-state index is 7.28. The van der Waals surface area contributed by atoms with Gasteiger partial charge in [0.15, 0.2) is 8.07 Å². The highest BCUT2D eigenvalue weighted by Crippen LogP contribution is 2.64. The first kappa shape index (κ1) is 45.0. The number of para-hydroxylation sites is 3. The second-order valence-electron chi connectivity index (χ2n) is 21.8. The monoisotopic (exact) mass is 1030 g/mol. The van der Waals surface area contributed by atoms with E-state index in [0.717, 1.165) is 22.7 Å². The molecule has 1 atom stereocenters. The van der Waals surface area contributed by atoms with Crippen molar-refractivity contribution in [2.75, 3.05) is 0 Å². The molecule has 0 bridgehead atoms. The molecular formula is C77H49NOSi. The Morgan fingerprint density at radius 3 is 1.49 bits per heavy atom. The van der Waals surface area contributed by atoms with Gasteiger partial charge in [-0.1, -0.05) is 255 Å². The summed E-state index contributed by atoms with van der Waals surface area (Å²) in [6.45, 7) is 0. The fourth-order valence-corrected chi connectivity index (χ4v) is 19.5. The molecule has 3 aliphatic rings. The van der Waals surface area contributed by atoms with Crippen LogP contribution in [0.2, 0.25) is 0 Å². The van der Waals surface area contributed by atoms with Crippen LogP contribution in [0.3, 0.4) is 0 Å². The van der Waals surface area contributed by atoms with Gasteiger partial charge in [0.25, 0.3) is 0 Å². The molecular weight excluding hydrogens is 983 g/mol. The van der Waals surface area contributed by atoms with Crippen LogP contribution in [0.15, 0.2) is 297 Å². The SMILES string of the molecule is c1cc(-c2ccc(-n3c4ccccc4c4ccccc43)cc2)cc(-c2ccc([Si]3(c4ccc5ccccc5c4)c4ccccc4Oc4cc(-c5cccc6c5C5(c7ccccc7-c7ccccc75)c5ccccc5-6)ccc43)cc2)c1. The van der Waals surface area contributed by atoms with Crippen molar-refractivity contribution >= 4 is 61.4 Å². The molecule has 0 N–H and O–H groups in total. The lowest BCUT2D eigenvalue weighted by molar-refractivity contribution is 0.487. The Balaban J connectivity index is 0.809. The maximum Gasteiger partial charge on any atom is 0.188 e. The fraction of sp³-hybridized carbons (Fsp3) is 0.0130. The predicted molar refractivity (Wildman–Crippen MR) is 335 cm³/mol. The summed E-state index contributed by atoms with van der Waals surface area (Å²) < 4.78 is 9.66. The summed E-state index contributed by atoms with van der Waals surface area (Å²) >= 11 is 0. The third-order valence-electron chi connectivity index (χ3n) is 18.0. The van der Waals surface area contributed by atoms with Gasteiger partial charge < -0.3 is 9.30 Å². The van der Waals surface area contributed by atoms with Crippen LogP contribution in [0.1, 0.15) is 22.3 Å². The Kier molecular flexibility index (Phi) is 9.69. The Bertz CT molecular complexity index is 4760. The molecule has 372 valence electrons. The van der Waals surface area contributed by atoms with Crippen LogP contribution < -0.4 is 25.5 Å². The van der Waals surface area contributed by atoms with Crippen LogP contribution in [-0.4, -0.2) is 12.6 Å². The lowest BCUT2D eigenvalue weighted by atomic mass is 9.68. The Labute approximate surface area is 465 Å². The highest BCUT2D eigenvalue weighted by Gasteiger charge is 2.53. The summed E-state index contributed by atoms with van der Waals surface area (Å²) in [6, 6.07) is 111. The molecule has 2 nitrogen and oxygen atoms in total. The Morgan fingerprint density at radius 2 is 0.800 bits per heavy atom. The van der Waals surface area contributed by atoms with Gasteiger partial charge in [-0.15, -0.1) is 0 Å². The van der Waals surface area contributed by atoms with Crippen molar-refractivity contribution in [2.45, 2.75) is 5.41 Å². The molecule has 13 aromatic carbocycles. The first-order valence-corrected chi connectivity index (χ1v) is 29.8. The second-order valence-corrected chi connectivity index (χ2v) is 25.5. The third kappa shape index (κ3) is 6.24. The number of fused-ring (bicyclic) bond motifs is 16. The van der Waals surface area contributed by atoms with Crippen molar-refractivity contribution in [3.8, 4) is 72.8 Å². The summed E-state index contributed by atoms with van der Waals surface area (Å²) in [6.07, 6.45) is 0. The molecule has 0 saturated heterocycles. The quantitative estimate of drug-likeness (QED) is 0.151. The molecule has 80 heavy (non-hydrogen) atoms. The number of rotatable bonds is 6. The zero-order valence-corrected chi connectivity index (χ0v) is 44.6. The van der Waals surface area contributed by atoms with E-state index in [2.05, 4.69) is 302 Å². The van der Waals surface area contributed by atoms with Gasteiger partial charge in [-0.25, -0.2) is 0 Å². The molecule has 17 rings (SSSR count). The van der Waals surface area contributed by atoms with Crippen molar-refractivity contribution < 1.29 is 4.74 Å². The molecule has 0 saturated carbocycles. The van der Waals surface area contributed by atoms with Crippen molar-refractivity contribution in [1.29, 1.82) is 0 Å². The molecule has 0 radical (unpaired) electrons. The Hall–Kier alpha value is -10.1. The first-order chi connectivity index (χ1) is 39.7. The summed E-state index contributed by atoms with van der Waals surface area (Å²) in [5, 5.41) is 10.1. The molecule has 2 aliphatic carbocycles. The summed E-state index contributed by atoms with van der Waals surface area (Å²) in [5.41, 5.74) is 20.7. The van der Waals surface area contributed by atoms with Gasteiger partial charge in [0, 0.05) is 16.5 Å². The normalized spacial score (nSPS) is 15.0. The molecule has 14 aromatic rings. The topological polar surface area (TPSA) is 14.2 Å². The molecule has 2 heterocycles. The molecule has 1 spiro atoms. The van der Waals surface area contributed by atoms with Crippen LogP contribution in [0, 0.1) is 0 Å². The minimum atomic E-state index is -3.09. The zero-order valence-electron chi connectivity index (χ0n) is 43.6. The standard InChI is InChI=1S/C77H49NOSi/c1-2-18-55-48-59(45-39-50(55)17-1)80(58-43-37-52(38-44-58)54-20-15-19-53(47-54)51-35-41-57(42-36-51)78-70-31-11-6-24-64(70)65-25-7-12-32-71(65)78)74-34-14-13-33-72(74)79-73-49-56(40-46-75(73)80)60-26-16-27-66-63-23-5-10-30-69(63)77(76(60)66)67-28-8-3-21-61(67)62-22-4-9-29-68(62)77/h1-49H. The summed E-state index contributed by atoms with van der Waals surface area (Å²) in [5.74, 6) is 1.83. The van der Waals surface area contributed by atoms with E-state index >= 15 is 0 Å². The molecule has 1 unspecified atom stereocenters. The van der Waals surface area contributed by atoms with Crippen LogP contribution in [0.5, 0.6) is 11.5 Å². The maximum absolute atomic E-state index is 7.28. The highest BCUT2D eigenvalue weighted by molar-refractivity contribution is 7.20. The van der Waals surface area contributed by atoms with E-state index in [9.17, 15) is 0 Å². The van der Waals surface area contributed by atoms with Crippen LogP contribution in [-0.2, 0) is 5.41 Å². The Morgan fingerprint density at radius 1 is 0.300 bits per heavy atom. The number of nitrogens with zero attached hydrogens (tertiary/aromatic N) is 1. The van der Waals surface area contributed by atoms with Crippen molar-refractivity contribution in [1.82, 2.24) is 4.57 Å². The molecule has 3 heteroatoms. The van der Waals surface area contributed by atoms with E-state index in [-0.39, 0.29) is 0 Å². The van der Waals surface area contributed by atoms with E-state index in [1.807, 2.05) is 0 Å². The smallest absolute Gasteiger partial charge is 0.188 e. The lowest BCUT2D eigenvalue weighted by Crippen LogP contribution is -2.76. The van der Waals surface area contributed by atoms with Crippen molar-refractivity contribution in [2.24, 2.45) is 0 Å². The van der Waals surface area contributed by atoms with E-state index < -0.39 is 13.5 Å². The minimum Gasteiger partial charge on any atom is -0.458 e. The lowest BCUT2D eigenvalue weighted by Gasteiger charge is -2.40. The largest absolute Gasteiger partial charge is 0.458 e. The van der Waals surface area contributed by atoms with Gasteiger partial charge in [0.2, 0.25) is 0 Å². The molecule has 0 amide bonds. The highest BCUT2D eigenvalue weighted by atomic mass is 28.3.